The van der Waals surface area contributed by atoms with Crippen LogP contribution in [0.4, 0.5) is 15.8 Å². The molecule has 0 saturated heterocycles. The molecule has 0 spiro atoms. The van der Waals surface area contributed by atoms with E-state index < -0.39 is 0 Å². The van der Waals surface area contributed by atoms with Gasteiger partial charge in [-0.25, -0.2) is 4.39 Å². The van der Waals surface area contributed by atoms with Gasteiger partial charge in [-0.1, -0.05) is 31.9 Å². The van der Waals surface area contributed by atoms with E-state index in [-0.39, 0.29) is 5.82 Å². The largest absolute Gasteiger partial charge is 0.352 e. The van der Waals surface area contributed by atoms with Crippen molar-refractivity contribution in [2.24, 2.45) is 0 Å². The average Bonchev–Trinajstić information content (AvgIpc) is 2.36. The first-order valence-corrected chi connectivity index (χ1v) is 6.60. The highest BCUT2D eigenvalue weighted by molar-refractivity contribution is 9.10. The highest BCUT2D eigenvalue weighted by Gasteiger charge is 2.07. The predicted octanol–water partition coefficient (Wildman–Crippen LogP) is 4.97. The minimum atomic E-state index is -0.370. The molecule has 0 radical (unpaired) electrons. The van der Waals surface area contributed by atoms with Crippen molar-refractivity contribution in [3.05, 3.63) is 56.7 Å². The Kier molecular flexibility index (Phi) is 4.00. The van der Waals surface area contributed by atoms with E-state index in [0.29, 0.717) is 16.9 Å². The molecule has 2 nitrogen and oxygen atoms in total. The highest BCUT2D eigenvalue weighted by atomic mass is 79.9. The van der Waals surface area contributed by atoms with Crippen LogP contribution >= 0.6 is 31.9 Å². The van der Waals surface area contributed by atoms with Crippen LogP contribution in [-0.2, 0) is 0 Å². The summed E-state index contributed by atoms with van der Waals surface area (Å²) in [5.41, 5.74) is 1.34. The molecule has 0 aliphatic heterocycles. The number of benzene rings is 2. The summed E-state index contributed by atoms with van der Waals surface area (Å²) in [5, 5.41) is 11.9. The van der Waals surface area contributed by atoms with E-state index in [1.54, 1.807) is 30.3 Å². The van der Waals surface area contributed by atoms with Gasteiger partial charge in [0.25, 0.3) is 0 Å². The SMILES string of the molecule is N#Cc1cc(Br)ccc1Nc1cc(Br)ccc1F. The summed E-state index contributed by atoms with van der Waals surface area (Å²) in [5.74, 6) is -0.370. The van der Waals surface area contributed by atoms with Crippen molar-refractivity contribution < 1.29 is 4.39 Å². The standard InChI is InChI=1S/C13H7Br2FN2/c14-9-2-4-12(8(5-9)7-17)18-13-6-10(15)1-3-11(13)16/h1-6,18H. The second-order valence-corrected chi connectivity index (χ2v) is 5.38. The number of halogens is 3. The zero-order chi connectivity index (χ0) is 13.1. The van der Waals surface area contributed by atoms with Crippen LogP contribution in [0.25, 0.3) is 0 Å². The van der Waals surface area contributed by atoms with Gasteiger partial charge < -0.3 is 5.32 Å². The molecule has 0 bridgehead atoms. The summed E-state index contributed by atoms with van der Waals surface area (Å²) in [4.78, 5) is 0. The minimum absolute atomic E-state index is 0.322. The molecule has 0 aromatic heterocycles. The summed E-state index contributed by atoms with van der Waals surface area (Å²) in [7, 11) is 0. The number of hydrogen-bond donors (Lipinski definition) is 1. The Hall–Kier alpha value is -1.38. The van der Waals surface area contributed by atoms with Crippen LogP contribution in [0, 0.1) is 17.1 Å². The van der Waals surface area contributed by atoms with Crippen LogP contribution in [0.2, 0.25) is 0 Å². The van der Waals surface area contributed by atoms with Gasteiger partial charge in [0, 0.05) is 8.95 Å². The zero-order valence-corrected chi connectivity index (χ0v) is 12.2. The van der Waals surface area contributed by atoms with Gasteiger partial charge >= 0.3 is 0 Å². The van der Waals surface area contributed by atoms with Crippen LogP contribution in [-0.4, -0.2) is 0 Å². The second-order valence-electron chi connectivity index (χ2n) is 3.55. The average molecular weight is 370 g/mol. The molecule has 90 valence electrons. The topological polar surface area (TPSA) is 35.8 Å². The first kappa shape index (κ1) is 13.1. The Balaban J connectivity index is 2.40. The maximum Gasteiger partial charge on any atom is 0.146 e. The molecular formula is C13H7Br2FN2. The normalized spacial score (nSPS) is 9.89. The van der Waals surface area contributed by atoms with E-state index >= 15 is 0 Å². The third kappa shape index (κ3) is 2.89. The minimum Gasteiger partial charge on any atom is -0.352 e. The van der Waals surface area contributed by atoms with Gasteiger partial charge in [-0.05, 0) is 36.4 Å². The molecule has 0 unspecified atom stereocenters. The number of nitriles is 1. The van der Waals surface area contributed by atoms with Gasteiger partial charge in [-0.2, -0.15) is 5.26 Å². The number of anilines is 2. The van der Waals surface area contributed by atoms with E-state index in [1.807, 2.05) is 0 Å². The van der Waals surface area contributed by atoms with Gasteiger partial charge in [-0.15, -0.1) is 0 Å². The molecule has 0 aliphatic rings. The van der Waals surface area contributed by atoms with Crippen LogP contribution in [0.1, 0.15) is 5.56 Å². The number of hydrogen-bond acceptors (Lipinski definition) is 2. The fourth-order valence-corrected chi connectivity index (χ4v) is 2.18. The fraction of sp³-hybridized carbons (Fsp3) is 0. The molecular weight excluding hydrogens is 363 g/mol. The Labute approximate surface area is 121 Å². The second kappa shape index (κ2) is 5.51. The molecule has 0 fully saturated rings. The third-order valence-electron chi connectivity index (χ3n) is 2.30. The van der Waals surface area contributed by atoms with Crippen LogP contribution in [0.5, 0.6) is 0 Å². The summed E-state index contributed by atoms with van der Waals surface area (Å²) in [6, 6.07) is 11.9. The van der Waals surface area contributed by atoms with Crippen LogP contribution in [0.15, 0.2) is 45.3 Å². The van der Waals surface area contributed by atoms with E-state index in [1.165, 1.54) is 6.07 Å². The predicted molar refractivity (Wildman–Crippen MR) is 76.2 cm³/mol. The molecule has 0 heterocycles. The van der Waals surface area contributed by atoms with Gasteiger partial charge in [0.2, 0.25) is 0 Å². The molecule has 5 heteroatoms. The van der Waals surface area contributed by atoms with Crippen molar-refractivity contribution in [3.8, 4) is 6.07 Å². The van der Waals surface area contributed by atoms with Crippen molar-refractivity contribution in [1.82, 2.24) is 0 Å². The van der Waals surface area contributed by atoms with Gasteiger partial charge in [0.05, 0.1) is 16.9 Å². The first-order chi connectivity index (χ1) is 8.60. The van der Waals surface area contributed by atoms with Crippen molar-refractivity contribution in [3.63, 3.8) is 0 Å². The van der Waals surface area contributed by atoms with Crippen LogP contribution < -0.4 is 5.32 Å². The molecule has 0 saturated carbocycles. The number of nitrogens with zero attached hydrogens (tertiary/aromatic N) is 1. The Morgan fingerprint density at radius 1 is 1.00 bits per heavy atom. The van der Waals surface area contributed by atoms with Crippen LogP contribution in [0.3, 0.4) is 0 Å². The zero-order valence-electron chi connectivity index (χ0n) is 9.05. The molecule has 1 N–H and O–H groups in total. The van der Waals surface area contributed by atoms with Gasteiger partial charge in [0.1, 0.15) is 11.9 Å². The molecule has 2 rings (SSSR count). The fourth-order valence-electron chi connectivity index (χ4n) is 1.46. The Morgan fingerprint density at radius 2 is 1.67 bits per heavy atom. The lowest BCUT2D eigenvalue weighted by Gasteiger charge is -2.09. The number of nitrogens with one attached hydrogen (secondary N) is 1. The molecule has 18 heavy (non-hydrogen) atoms. The highest BCUT2D eigenvalue weighted by Crippen LogP contribution is 2.27. The lowest BCUT2D eigenvalue weighted by Crippen LogP contribution is -1.96. The third-order valence-corrected chi connectivity index (χ3v) is 3.29. The van der Waals surface area contributed by atoms with Crippen molar-refractivity contribution >= 4 is 43.2 Å². The quantitative estimate of drug-likeness (QED) is 0.811. The Bertz CT molecular complexity index is 635. The monoisotopic (exact) mass is 368 g/mol. The van der Waals surface area contributed by atoms with E-state index in [4.69, 9.17) is 5.26 Å². The van der Waals surface area contributed by atoms with Gasteiger partial charge in [0.15, 0.2) is 0 Å². The first-order valence-electron chi connectivity index (χ1n) is 5.02. The van der Waals surface area contributed by atoms with Crippen molar-refractivity contribution in [2.75, 3.05) is 5.32 Å². The maximum absolute atomic E-state index is 13.6. The maximum atomic E-state index is 13.6. The molecule has 0 amide bonds. The molecule has 2 aromatic rings. The van der Waals surface area contributed by atoms with Gasteiger partial charge in [-0.3, -0.25) is 0 Å². The molecule has 0 atom stereocenters. The van der Waals surface area contributed by atoms with E-state index in [2.05, 4.69) is 43.2 Å². The summed E-state index contributed by atoms with van der Waals surface area (Å²) in [6.07, 6.45) is 0. The lowest BCUT2D eigenvalue weighted by atomic mass is 10.2. The Morgan fingerprint density at radius 3 is 2.39 bits per heavy atom. The van der Waals surface area contributed by atoms with Crippen molar-refractivity contribution in [1.29, 1.82) is 5.26 Å². The van der Waals surface area contributed by atoms with Crippen molar-refractivity contribution in [2.45, 2.75) is 0 Å². The molecule has 0 aliphatic carbocycles. The van der Waals surface area contributed by atoms with E-state index in [0.717, 1.165) is 8.95 Å². The lowest BCUT2D eigenvalue weighted by molar-refractivity contribution is 0.631. The summed E-state index contributed by atoms with van der Waals surface area (Å²) in [6.45, 7) is 0. The summed E-state index contributed by atoms with van der Waals surface area (Å²) < 4.78 is 15.2. The molecule has 2 aromatic carbocycles. The number of rotatable bonds is 2. The van der Waals surface area contributed by atoms with E-state index in [9.17, 15) is 4.39 Å². The summed E-state index contributed by atoms with van der Waals surface area (Å²) >= 11 is 6.57. The smallest absolute Gasteiger partial charge is 0.146 e.